The molecule has 1 aromatic heterocycles. The Morgan fingerprint density at radius 1 is 1.16 bits per heavy atom. The number of carbonyl (C=O) groups excluding carboxylic acids is 1. The van der Waals surface area contributed by atoms with E-state index in [4.69, 9.17) is 13.9 Å². The van der Waals surface area contributed by atoms with Crippen LogP contribution < -0.4 is 15.1 Å². The number of hydrogen-bond donors (Lipinski definition) is 1. The van der Waals surface area contributed by atoms with Gasteiger partial charge in [0.1, 0.15) is 23.7 Å². The molecule has 196 valence electrons. The van der Waals surface area contributed by atoms with E-state index in [-0.39, 0.29) is 18.2 Å². The summed E-state index contributed by atoms with van der Waals surface area (Å²) in [6, 6.07) is 11.4. The summed E-state index contributed by atoms with van der Waals surface area (Å²) < 4.78 is 17.1. The summed E-state index contributed by atoms with van der Waals surface area (Å²) in [6.45, 7) is 5.17. The van der Waals surface area contributed by atoms with E-state index in [1.54, 1.807) is 7.11 Å². The van der Waals surface area contributed by atoms with Gasteiger partial charge in [0, 0.05) is 30.0 Å². The molecular formula is C30H35NO6. The molecule has 2 unspecified atom stereocenters. The number of benzene rings is 2. The van der Waals surface area contributed by atoms with E-state index in [2.05, 4.69) is 0 Å². The highest BCUT2D eigenvalue weighted by Gasteiger charge is 2.43. The number of fused-ring (bicyclic) bond motifs is 2. The Kier molecular flexibility index (Phi) is 6.99. The van der Waals surface area contributed by atoms with Crippen molar-refractivity contribution < 1.29 is 23.8 Å². The Bertz CT molecular complexity index is 1380. The Morgan fingerprint density at radius 2 is 2.00 bits per heavy atom. The van der Waals surface area contributed by atoms with E-state index >= 15 is 0 Å². The van der Waals surface area contributed by atoms with Gasteiger partial charge in [-0.3, -0.25) is 4.79 Å². The molecule has 7 nitrogen and oxygen atoms in total. The van der Waals surface area contributed by atoms with Crippen molar-refractivity contribution in [1.82, 2.24) is 4.90 Å². The molecular weight excluding hydrogens is 470 g/mol. The molecule has 2 aromatic carbocycles. The maximum atomic E-state index is 13.2. The van der Waals surface area contributed by atoms with Crippen LogP contribution in [0.25, 0.3) is 11.0 Å². The Hall–Kier alpha value is -3.32. The van der Waals surface area contributed by atoms with Crippen LogP contribution in [0.1, 0.15) is 54.4 Å². The van der Waals surface area contributed by atoms with Crippen LogP contribution in [0.2, 0.25) is 0 Å². The van der Waals surface area contributed by atoms with Crippen molar-refractivity contribution in [1.29, 1.82) is 0 Å². The molecule has 2 fully saturated rings. The van der Waals surface area contributed by atoms with E-state index in [9.17, 15) is 14.7 Å². The van der Waals surface area contributed by atoms with Gasteiger partial charge in [0.15, 0.2) is 0 Å². The lowest BCUT2D eigenvalue weighted by Gasteiger charge is -2.47. The lowest BCUT2D eigenvalue weighted by atomic mass is 9.71. The predicted molar refractivity (Wildman–Crippen MR) is 141 cm³/mol. The fraction of sp³-hybridized carbons (Fsp3) is 0.467. The number of likely N-dealkylation sites (tertiary alicyclic amines) is 1. The molecule has 7 heteroatoms. The number of piperidine rings is 1. The molecule has 3 aromatic rings. The van der Waals surface area contributed by atoms with Gasteiger partial charge in [-0.05, 0) is 68.5 Å². The van der Waals surface area contributed by atoms with Gasteiger partial charge >= 0.3 is 5.63 Å². The third-order valence-corrected chi connectivity index (χ3v) is 8.29. The van der Waals surface area contributed by atoms with Crippen LogP contribution in [0.3, 0.4) is 0 Å². The average Bonchev–Trinajstić information content (AvgIpc) is 2.90. The number of hydrogen-bond acceptors (Lipinski definition) is 6. The van der Waals surface area contributed by atoms with Gasteiger partial charge in [-0.1, -0.05) is 25.0 Å². The summed E-state index contributed by atoms with van der Waals surface area (Å²) in [5, 5.41) is 11.7. The van der Waals surface area contributed by atoms with Gasteiger partial charge in [-0.2, -0.15) is 0 Å². The minimum atomic E-state index is -0.642. The predicted octanol–water partition coefficient (Wildman–Crippen LogP) is 4.69. The second-order valence-corrected chi connectivity index (χ2v) is 10.5. The molecule has 1 aliphatic heterocycles. The zero-order chi connectivity index (χ0) is 26.2. The number of aryl methyl sites for hydroxylation is 2. The van der Waals surface area contributed by atoms with Crippen LogP contribution in [0.15, 0.2) is 45.6 Å². The molecule has 1 saturated heterocycles. The summed E-state index contributed by atoms with van der Waals surface area (Å²) in [5.41, 5.74) is 2.21. The molecule has 5 rings (SSSR count). The minimum Gasteiger partial charge on any atom is -0.497 e. The second-order valence-electron chi connectivity index (χ2n) is 10.5. The summed E-state index contributed by atoms with van der Waals surface area (Å²) >= 11 is 0. The molecule has 0 spiro atoms. The second kappa shape index (κ2) is 10.2. The molecule has 1 aliphatic carbocycles. The minimum absolute atomic E-state index is 0.00238. The largest absolute Gasteiger partial charge is 0.497 e. The quantitative estimate of drug-likeness (QED) is 0.489. The first-order valence-corrected chi connectivity index (χ1v) is 13.1. The zero-order valence-electron chi connectivity index (χ0n) is 21.8. The van der Waals surface area contributed by atoms with Crippen LogP contribution in [0, 0.1) is 19.8 Å². The third-order valence-electron chi connectivity index (χ3n) is 8.29. The number of amides is 1. The maximum absolute atomic E-state index is 13.2. The number of rotatable bonds is 6. The van der Waals surface area contributed by atoms with Crippen molar-refractivity contribution >= 4 is 16.9 Å². The van der Waals surface area contributed by atoms with Gasteiger partial charge in [0.05, 0.1) is 24.7 Å². The van der Waals surface area contributed by atoms with E-state index in [0.29, 0.717) is 43.0 Å². The highest BCUT2D eigenvalue weighted by atomic mass is 16.5. The summed E-state index contributed by atoms with van der Waals surface area (Å²) in [6.07, 6.45) is 4.50. The number of nitrogens with zero attached hydrogens (tertiary/aromatic N) is 1. The molecule has 0 radical (unpaired) electrons. The molecule has 2 heterocycles. The van der Waals surface area contributed by atoms with E-state index in [1.807, 2.05) is 55.1 Å². The normalized spacial score (nSPS) is 21.5. The first-order valence-electron chi connectivity index (χ1n) is 13.1. The van der Waals surface area contributed by atoms with E-state index in [0.717, 1.165) is 53.5 Å². The van der Waals surface area contributed by atoms with Crippen molar-refractivity contribution in [3.63, 3.8) is 0 Å². The average molecular weight is 506 g/mol. The van der Waals surface area contributed by atoms with Crippen molar-refractivity contribution in [2.45, 2.75) is 64.6 Å². The highest BCUT2D eigenvalue weighted by molar-refractivity contribution is 5.87. The first kappa shape index (κ1) is 25.3. The molecule has 1 N–H and O–H groups in total. The lowest BCUT2D eigenvalue weighted by molar-refractivity contribution is -0.142. The van der Waals surface area contributed by atoms with Crippen molar-refractivity contribution in [3.05, 3.63) is 69.1 Å². The summed E-state index contributed by atoms with van der Waals surface area (Å²) in [5.74, 6) is 1.43. The van der Waals surface area contributed by atoms with E-state index in [1.165, 1.54) is 0 Å². The Balaban J connectivity index is 1.34. The summed E-state index contributed by atoms with van der Waals surface area (Å²) in [7, 11) is 1.63. The molecule has 0 bridgehead atoms. The van der Waals surface area contributed by atoms with Crippen LogP contribution >= 0.6 is 0 Å². The van der Waals surface area contributed by atoms with Crippen LogP contribution in [0.5, 0.6) is 11.5 Å². The standard InChI is InChI=1S/C30H35NO6/c1-19-24-10-11-26(36-18-21-7-6-9-23(15-21)35-3)20(2)28(24)37-29(33)25(19)16-27(32)31-14-13-30(34)12-5-4-8-22(30)17-31/h6-7,9-11,15,22,34H,4-5,8,12-14,16-18H2,1-3H3. The molecule has 2 aliphatic rings. The molecule has 1 amide bonds. The van der Waals surface area contributed by atoms with Crippen LogP contribution in [0.4, 0.5) is 0 Å². The fourth-order valence-electron chi connectivity index (χ4n) is 5.92. The van der Waals surface area contributed by atoms with E-state index < -0.39 is 11.2 Å². The smallest absolute Gasteiger partial charge is 0.340 e. The number of aliphatic hydroxyl groups is 1. The third kappa shape index (κ3) is 4.97. The topological polar surface area (TPSA) is 89.2 Å². The molecule has 2 atom stereocenters. The van der Waals surface area contributed by atoms with Gasteiger partial charge in [0.2, 0.25) is 5.91 Å². The van der Waals surface area contributed by atoms with Gasteiger partial charge < -0.3 is 23.9 Å². The van der Waals surface area contributed by atoms with Gasteiger partial charge in [0.25, 0.3) is 0 Å². The first-order chi connectivity index (χ1) is 17.8. The maximum Gasteiger partial charge on any atom is 0.340 e. The lowest BCUT2D eigenvalue weighted by Crippen LogP contribution is -2.55. The monoisotopic (exact) mass is 505 g/mol. The zero-order valence-corrected chi connectivity index (χ0v) is 21.8. The van der Waals surface area contributed by atoms with Crippen molar-refractivity contribution in [2.24, 2.45) is 5.92 Å². The number of methoxy groups -OCH3 is 1. The molecule has 37 heavy (non-hydrogen) atoms. The van der Waals surface area contributed by atoms with Crippen LogP contribution in [-0.2, 0) is 17.8 Å². The summed E-state index contributed by atoms with van der Waals surface area (Å²) in [4.78, 5) is 28.1. The Labute approximate surface area is 217 Å². The van der Waals surface area contributed by atoms with Gasteiger partial charge in [-0.25, -0.2) is 4.79 Å². The number of ether oxygens (including phenoxy) is 2. The van der Waals surface area contributed by atoms with Crippen molar-refractivity contribution in [3.8, 4) is 11.5 Å². The van der Waals surface area contributed by atoms with Crippen LogP contribution in [-0.4, -0.2) is 41.7 Å². The SMILES string of the molecule is COc1cccc(COc2ccc3c(C)c(CC(=O)N4CCC5(O)CCCCC5C4)c(=O)oc3c2C)c1. The van der Waals surface area contributed by atoms with Crippen molar-refractivity contribution in [2.75, 3.05) is 20.2 Å². The van der Waals surface area contributed by atoms with Gasteiger partial charge in [-0.15, -0.1) is 0 Å². The molecule has 1 saturated carbocycles. The highest BCUT2D eigenvalue weighted by Crippen LogP contribution is 2.40. The Morgan fingerprint density at radius 3 is 2.81 bits per heavy atom. The number of carbonyl (C=O) groups is 1. The fourth-order valence-corrected chi connectivity index (χ4v) is 5.92.